The fourth-order valence-corrected chi connectivity index (χ4v) is 2.21. The number of benzene rings is 2. The third-order valence-electron chi connectivity index (χ3n) is 3.29. The van der Waals surface area contributed by atoms with E-state index in [0.29, 0.717) is 6.54 Å². The Morgan fingerprint density at radius 2 is 1.75 bits per heavy atom. The highest BCUT2D eigenvalue weighted by Crippen LogP contribution is 2.19. The Morgan fingerprint density at radius 1 is 1.05 bits per heavy atom. The molecule has 0 saturated carbocycles. The molecule has 2 aromatic carbocycles. The lowest BCUT2D eigenvalue weighted by atomic mass is 10.0. The topological polar surface area (TPSA) is 41.1 Å². The van der Waals surface area contributed by atoms with Gasteiger partial charge in [0.05, 0.1) is 6.54 Å². The number of rotatable bonds is 5. The summed E-state index contributed by atoms with van der Waals surface area (Å²) in [6, 6.07) is 15.0. The minimum Gasteiger partial charge on any atom is -0.353 e. The van der Waals surface area contributed by atoms with Crippen LogP contribution in [0.2, 0.25) is 0 Å². The summed E-state index contributed by atoms with van der Waals surface area (Å²) in [5, 5.41) is 8.60. The Bertz CT molecular complexity index is 592. The summed E-state index contributed by atoms with van der Waals surface area (Å²) in [7, 11) is 0. The molecule has 3 nitrogen and oxygen atoms in total. The molecule has 20 heavy (non-hydrogen) atoms. The second kappa shape index (κ2) is 6.53. The molecule has 1 unspecified atom stereocenters. The maximum Gasteiger partial charge on any atom is 0.234 e. The zero-order valence-corrected chi connectivity index (χ0v) is 12.3. The summed E-state index contributed by atoms with van der Waals surface area (Å²) < 4.78 is 0. The van der Waals surface area contributed by atoms with Crippen molar-refractivity contribution in [3.63, 3.8) is 0 Å². The second-order valence-corrected chi connectivity index (χ2v) is 5.43. The molecule has 2 rings (SSSR count). The van der Waals surface area contributed by atoms with Gasteiger partial charge in [-0.25, -0.2) is 0 Å². The zero-order valence-electron chi connectivity index (χ0n) is 12.3. The van der Waals surface area contributed by atoms with Crippen LogP contribution in [-0.2, 0) is 4.79 Å². The van der Waals surface area contributed by atoms with Crippen molar-refractivity contribution in [2.45, 2.75) is 32.9 Å². The summed E-state index contributed by atoms with van der Waals surface area (Å²) in [5.74, 6) is 0.0349. The average Bonchev–Trinajstić information content (AvgIpc) is 2.43. The van der Waals surface area contributed by atoms with Crippen molar-refractivity contribution in [2.75, 3.05) is 6.54 Å². The Balaban J connectivity index is 2.00. The van der Waals surface area contributed by atoms with Crippen molar-refractivity contribution >= 4 is 16.7 Å². The van der Waals surface area contributed by atoms with Crippen molar-refractivity contribution < 1.29 is 4.79 Å². The predicted molar refractivity (Wildman–Crippen MR) is 83.6 cm³/mol. The first-order valence-electron chi connectivity index (χ1n) is 7.07. The van der Waals surface area contributed by atoms with Gasteiger partial charge in [-0.15, -0.1) is 0 Å². The standard InChI is InChI=1S/C17H22N2O/c1-12(2)19-17(20)11-18-13(3)15-9-8-14-6-4-5-7-16(14)10-15/h4-10,12-13,18H,11H2,1-3H3,(H,19,20). The lowest BCUT2D eigenvalue weighted by Crippen LogP contribution is -2.38. The SMILES string of the molecule is CC(C)NC(=O)CNC(C)c1ccc2ccccc2c1. The van der Waals surface area contributed by atoms with Crippen LogP contribution in [0.1, 0.15) is 32.4 Å². The van der Waals surface area contributed by atoms with Gasteiger partial charge < -0.3 is 10.6 Å². The normalized spacial score (nSPS) is 12.6. The molecule has 0 bridgehead atoms. The van der Waals surface area contributed by atoms with E-state index in [1.54, 1.807) is 0 Å². The molecule has 0 saturated heterocycles. The fourth-order valence-electron chi connectivity index (χ4n) is 2.21. The van der Waals surface area contributed by atoms with Crippen LogP contribution in [0.5, 0.6) is 0 Å². The van der Waals surface area contributed by atoms with Crippen molar-refractivity contribution in [1.82, 2.24) is 10.6 Å². The van der Waals surface area contributed by atoms with E-state index in [9.17, 15) is 4.79 Å². The van der Waals surface area contributed by atoms with Gasteiger partial charge in [0, 0.05) is 12.1 Å². The van der Waals surface area contributed by atoms with Gasteiger partial charge in [0.25, 0.3) is 0 Å². The highest BCUT2D eigenvalue weighted by molar-refractivity contribution is 5.83. The molecule has 0 radical (unpaired) electrons. The summed E-state index contributed by atoms with van der Waals surface area (Å²) in [6.45, 7) is 6.34. The quantitative estimate of drug-likeness (QED) is 0.877. The molecule has 2 N–H and O–H groups in total. The number of carbonyl (C=O) groups is 1. The molecule has 1 amide bonds. The predicted octanol–water partition coefficient (Wildman–Crippen LogP) is 3.02. The third-order valence-corrected chi connectivity index (χ3v) is 3.29. The second-order valence-electron chi connectivity index (χ2n) is 5.43. The smallest absolute Gasteiger partial charge is 0.234 e. The monoisotopic (exact) mass is 270 g/mol. The molecule has 1 atom stereocenters. The Hall–Kier alpha value is -1.87. The third kappa shape index (κ3) is 3.81. The number of hydrogen-bond donors (Lipinski definition) is 2. The molecular weight excluding hydrogens is 248 g/mol. The molecule has 106 valence electrons. The first kappa shape index (κ1) is 14.5. The summed E-state index contributed by atoms with van der Waals surface area (Å²) in [6.07, 6.45) is 0. The number of fused-ring (bicyclic) bond motifs is 1. The van der Waals surface area contributed by atoms with E-state index in [-0.39, 0.29) is 18.0 Å². The van der Waals surface area contributed by atoms with Crippen LogP contribution >= 0.6 is 0 Å². The lowest BCUT2D eigenvalue weighted by molar-refractivity contribution is -0.120. The number of hydrogen-bond acceptors (Lipinski definition) is 2. The van der Waals surface area contributed by atoms with Gasteiger partial charge in [0.1, 0.15) is 0 Å². The minimum absolute atomic E-state index is 0.0349. The van der Waals surface area contributed by atoms with Crippen LogP contribution in [0.3, 0.4) is 0 Å². The molecule has 0 aliphatic carbocycles. The molecule has 0 spiro atoms. The highest BCUT2D eigenvalue weighted by atomic mass is 16.1. The molecule has 2 aromatic rings. The number of nitrogens with one attached hydrogen (secondary N) is 2. The Kier molecular flexibility index (Phi) is 4.74. The van der Waals surface area contributed by atoms with E-state index >= 15 is 0 Å². The van der Waals surface area contributed by atoms with E-state index in [4.69, 9.17) is 0 Å². The first-order valence-corrected chi connectivity index (χ1v) is 7.07. The van der Waals surface area contributed by atoms with Gasteiger partial charge in [-0.2, -0.15) is 0 Å². The zero-order chi connectivity index (χ0) is 14.5. The van der Waals surface area contributed by atoms with Gasteiger partial charge >= 0.3 is 0 Å². The molecular formula is C17H22N2O. The molecule has 0 fully saturated rings. The van der Waals surface area contributed by atoms with E-state index in [1.165, 1.54) is 16.3 Å². The molecule has 0 aliphatic rings. The van der Waals surface area contributed by atoms with Crippen molar-refractivity contribution in [1.29, 1.82) is 0 Å². The van der Waals surface area contributed by atoms with Crippen LogP contribution in [0.15, 0.2) is 42.5 Å². The van der Waals surface area contributed by atoms with Crippen LogP contribution in [-0.4, -0.2) is 18.5 Å². The van der Waals surface area contributed by atoms with Crippen molar-refractivity contribution in [2.24, 2.45) is 0 Å². The van der Waals surface area contributed by atoms with Gasteiger partial charge in [-0.05, 0) is 43.2 Å². The summed E-state index contributed by atoms with van der Waals surface area (Å²) in [5.41, 5.74) is 1.20. The van der Waals surface area contributed by atoms with Crippen LogP contribution in [0.25, 0.3) is 10.8 Å². The maximum atomic E-state index is 11.6. The average molecular weight is 270 g/mol. The number of amides is 1. The van der Waals surface area contributed by atoms with Gasteiger partial charge in [-0.1, -0.05) is 36.4 Å². The Morgan fingerprint density at radius 3 is 2.45 bits per heavy atom. The molecule has 0 aliphatic heterocycles. The highest BCUT2D eigenvalue weighted by Gasteiger charge is 2.08. The van der Waals surface area contributed by atoms with E-state index in [2.05, 4.69) is 47.9 Å². The van der Waals surface area contributed by atoms with Gasteiger partial charge in [0.15, 0.2) is 0 Å². The van der Waals surface area contributed by atoms with Crippen molar-refractivity contribution in [3.8, 4) is 0 Å². The molecule has 0 heterocycles. The Labute approximate surface area is 120 Å². The lowest BCUT2D eigenvalue weighted by Gasteiger charge is -2.15. The fraction of sp³-hybridized carbons (Fsp3) is 0.353. The van der Waals surface area contributed by atoms with Crippen molar-refractivity contribution in [3.05, 3.63) is 48.0 Å². The largest absolute Gasteiger partial charge is 0.353 e. The van der Waals surface area contributed by atoms with Crippen LogP contribution < -0.4 is 10.6 Å². The maximum absolute atomic E-state index is 11.6. The minimum atomic E-state index is 0.0349. The van der Waals surface area contributed by atoms with Crippen LogP contribution in [0.4, 0.5) is 0 Å². The summed E-state index contributed by atoms with van der Waals surface area (Å²) in [4.78, 5) is 11.6. The first-order chi connectivity index (χ1) is 9.56. The summed E-state index contributed by atoms with van der Waals surface area (Å²) >= 11 is 0. The molecule has 3 heteroatoms. The van der Waals surface area contributed by atoms with Crippen LogP contribution in [0, 0.1) is 0 Å². The van der Waals surface area contributed by atoms with E-state index in [0.717, 1.165) is 0 Å². The van der Waals surface area contributed by atoms with Gasteiger partial charge in [0.2, 0.25) is 5.91 Å². The number of carbonyl (C=O) groups excluding carboxylic acids is 1. The molecule has 0 aromatic heterocycles. The van der Waals surface area contributed by atoms with E-state index in [1.807, 2.05) is 26.0 Å². The van der Waals surface area contributed by atoms with E-state index < -0.39 is 0 Å². The van der Waals surface area contributed by atoms with Gasteiger partial charge in [-0.3, -0.25) is 4.79 Å².